The van der Waals surface area contributed by atoms with E-state index in [2.05, 4.69) is 18.6 Å². The summed E-state index contributed by atoms with van der Waals surface area (Å²) in [6.45, 7) is 4.36. The third-order valence-electron chi connectivity index (χ3n) is 6.31. The van der Waals surface area contributed by atoms with Gasteiger partial charge in [0.2, 0.25) is 0 Å². The van der Waals surface area contributed by atoms with Gasteiger partial charge in [-0.25, -0.2) is 4.79 Å². The zero-order chi connectivity index (χ0) is 29.3. The summed E-state index contributed by atoms with van der Waals surface area (Å²) < 4.78 is 43.9. The number of unbranched alkanes of at least 4 members (excludes halogenated alkanes) is 11. The fourth-order valence-electron chi connectivity index (χ4n) is 4.18. The van der Waals surface area contributed by atoms with Gasteiger partial charge in [-0.1, -0.05) is 90.9 Å². The molecular formula is C29H41F3NO6-. The van der Waals surface area contributed by atoms with Crippen molar-refractivity contribution in [1.82, 2.24) is 0 Å². The Morgan fingerprint density at radius 1 is 0.795 bits per heavy atom. The lowest BCUT2D eigenvalue weighted by molar-refractivity contribution is -0.305. The quantitative estimate of drug-likeness (QED) is 0.115. The second kappa shape index (κ2) is 18.4. The number of amides is 1. The molecular weight excluding hydrogens is 515 g/mol. The lowest BCUT2D eigenvalue weighted by Crippen LogP contribution is -2.41. The van der Waals surface area contributed by atoms with Gasteiger partial charge in [-0.3, -0.25) is 9.59 Å². The summed E-state index contributed by atoms with van der Waals surface area (Å²) in [5.41, 5.74) is -0.241. The van der Waals surface area contributed by atoms with Gasteiger partial charge >= 0.3 is 24.0 Å². The number of carboxylic acid groups (broad SMARTS) is 1. The van der Waals surface area contributed by atoms with Crippen molar-refractivity contribution in [2.45, 2.75) is 110 Å². The van der Waals surface area contributed by atoms with Crippen molar-refractivity contribution in [3.8, 4) is 0 Å². The van der Waals surface area contributed by atoms with Crippen molar-refractivity contribution in [3.05, 3.63) is 29.8 Å². The van der Waals surface area contributed by atoms with Crippen molar-refractivity contribution >= 4 is 29.5 Å². The van der Waals surface area contributed by atoms with E-state index in [1.165, 1.54) is 44.9 Å². The number of carboxylic acids is 1. The standard InChI is InChI=1S/C29H42F3NO6/c1-22(2)15-13-11-9-7-5-3-4-6-8-10-12-14-20-33(28(38)29(30,31)32)24-18-16-23(17-19-24)27(37)39-26(36)21-25(34)35/h16-19,22H,3-15,20-21H2,1-2H3,(H,34,35)/p-1. The summed E-state index contributed by atoms with van der Waals surface area (Å²) in [5.74, 6) is -5.45. The molecule has 0 fully saturated rings. The fourth-order valence-corrected chi connectivity index (χ4v) is 4.18. The van der Waals surface area contributed by atoms with Gasteiger partial charge in [-0.15, -0.1) is 0 Å². The zero-order valence-corrected chi connectivity index (χ0v) is 23.0. The molecule has 220 valence electrons. The Morgan fingerprint density at radius 2 is 1.26 bits per heavy atom. The van der Waals surface area contributed by atoms with E-state index in [4.69, 9.17) is 0 Å². The van der Waals surface area contributed by atoms with Crippen LogP contribution in [-0.2, 0) is 19.1 Å². The molecule has 0 aliphatic carbocycles. The van der Waals surface area contributed by atoms with Crippen LogP contribution in [0, 0.1) is 5.92 Å². The number of alkyl halides is 3. The molecule has 0 unspecified atom stereocenters. The van der Waals surface area contributed by atoms with Gasteiger partial charge in [0, 0.05) is 12.2 Å². The molecule has 0 aromatic heterocycles. The molecule has 10 heteroatoms. The van der Waals surface area contributed by atoms with Crippen LogP contribution in [0.1, 0.15) is 114 Å². The first kappa shape index (κ1) is 34.1. The maximum Gasteiger partial charge on any atom is 0.471 e. The van der Waals surface area contributed by atoms with Gasteiger partial charge in [0.25, 0.3) is 0 Å². The lowest BCUT2D eigenvalue weighted by Gasteiger charge is -2.24. The highest BCUT2D eigenvalue weighted by Gasteiger charge is 2.42. The van der Waals surface area contributed by atoms with E-state index in [-0.39, 0.29) is 17.8 Å². The minimum absolute atomic E-state index is 0.0563. The van der Waals surface area contributed by atoms with Gasteiger partial charge in [0.15, 0.2) is 0 Å². The van der Waals surface area contributed by atoms with Crippen LogP contribution >= 0.6 is 0 Å². The van der Waals surface area contributed by atoms with Crippen LogP contribution in [0.15, 0.2) is 24.3 Å². The van der Waals surface area contributed by atoms with Gasteiger partial charge in [-0.05, 0) is 36.6 Å². The number of hydrogen-bond donors (Lipinski definition) is 0. The number of benzene rings is 1. The molecule has 1 rings (SSSR count). The molecule has 0 aliphatic rings. The monoisotopic (exact) mass is 556 g/mol. The normalized spacial score (nSPS) is 11.4. The second-order valence-corrected chi connectivity index (χ2v) is 10.2. The minimum Gasteiger partial charge on any atom is -0.550 e. The predicted octanol–water partition coefficient (Wildman–Crippen LogP) is 6.13. The van der Waals surface area contributed by atoms with Crippen LogP contribution in [0.3, 0.4) is 0 Å². The fraction of sp³-hybridized carbons (Fsp3) is 0.655. The highest BCUT2D eigenvalue weighted by Crippen LogP contribution is 2.25. The van der Waals surface area contributed by atoms with Crippen molar-refractivity contribution in [3.63, 3.8) is 0 Å². The highest BCUT2D eigenvalue weighted by molar-refractivity contribution is 6.01. The van der Waals surface area contributed by atoms with E-state index >= 15 is 0 Å². The number of anilines is 1. The maximum absolute atomic E-state index is 13.2. The Morgan fingerprint density at radius 3 is 1.69 bits per heavy atom. The Labute approximate surface area is 229 Å². The minimum atomic E-state index is -5.07. The molecule has 0 atom stereocenters. The number of halogens is 3. The highest BCUT2D eigenvalue weighted by atomic mass is 19.4. The zero-order valence-electron chi connectivity index (χ0n) is 23.0. The van der Waals surface area contributed by atoms with E-state index in [1.54, 1.807) is 0 Å². The third-order valence-corrected chi connectivity index (χ3v) is 6.31. The van der Waals surface area contributed by atoms with Crippen molar-refractivity contribution in [1.29, 1.82) is 0 Å². The second-order valence-electron chi connectivity index (χ2n) is 10.2. The summed E-state index contributed by atoms with van der Waals surface area (Å²) in [6.07, 6.45) is 7.89. The van der Waals surface area contributed by atoms with E-state index in [9.17, 15) is 37.5 Å². The Bertz CT molecular complexity index is 899. The summed E-state index contributed by atoms with van der Waals surface area (Å²) in [4.78, 5) is 46.2. The maximum atomic E-state index is 13.2. The first-order chi connectivity index (χ1) is 18.4. The topological polar surface area (TPSA) is 104 Å². The average molecular weight is 557 g/mol. The molecule has 1 aromatic rings. The van der Waals surface area contributed by atoms with Crippen molar-refractivity contribution < 1.29 is 42.2 Å². The van der Waals surface area contributed by atoms with Gasteiger partial charge in [0.1, 0.15) is 0 Å². The molecule has 39 heavy (non-hydrogen) atoms. The van der Waals surface area contributed by atoms with Crippen LogP contribution in [0.5, 0.6) is 0 Å². The number of ether oxygens (including phenoxy) is 1. The number of rotatable bonds is 19. The van der Waals surface area contributed by atoms with Crippen molar-refractivity contribution in [2.24, 2.45) is 5.92 Å². The van der Waals surface area contributed by atoms with Crippen LogP contribution in [0.2, 0.25) is 0 Å². The number of hydrogen-bond acceptors (Lipinski definition) is 6. The molecule has 0 N–H and O–H groups in total. The number of carbonyl (C=O) groups excluding carboxylic acids is 4. The van der Waals surface area contributed by atoms with E-state index in [0.29, 0.717) is 17.7 Å². The molecule has 0 saturated heterocycles. The molecule has 0 aliphatic heterocycles. The van der Waals surface area contributed by atoms with Crippen LogP contribution in [-0.4, -0.2) is 36.5 Å². The van der Waals surface area contributed by atoms with Gasteiger partial charge in [0.05, 0.1) is 18.0 Å². The van der Waals surface area contributed by atoms with Crippen LogP contribution in [0.25, 0.3) is 0 Å². The molecule has 0 heterocycles. The summed E-state index contributed by atoms with van der Waals surface area (Å²) in [6, 6.07) is 4.50. The molecule has 0 spiro atoms. The number of aliphatic carboxylic acids is 1. The Balaban J connectivity index is 2.42. The average Bonchev–Trinajstić information content (AvgIpc) is 2.85. The van der Waals surface area contributed by atoms with Gasteiger partial charge in [-0.2, -0.15) is 13.2 Å². The molecule has 1 aromatic carbocycles. The Kier molecular flexibility index (Phi) is 16.1. The van der Waals surface area contributed by atoms with E-state index < -0.39 is 36.4 Å². The molecule has 0 radical (unpaired) electrons. The molecule has 0 saturated carbocycles. The summed E-state index contributed by atoms with van der Waals surface area (Å²) in [5, 5.41) is 10.4. The summed E-state index contributed by atoms with van der Waals surface area (Å²) in [7, 11) is 0. The van der Waals surface area contributed by atoms with Crippen molar-refractivity contribution in [2.75, 3.05) is 11.4 Å². The number of esters is 2. The van der Waals surface area contributed by atoms with Crippen LogP contribution < -0.4 is 10.0 Å². The largest absolute Gasteiger partial charge is 0.550 e. The van der Waals surface area contributed by atoms with E-state index in [1.807, 2.05) is 0 Å². The predicted molar refractivity (Wildman–Crippen MR) is 140 cm³/mol. The third kappa shape index (κ3) is 15.3. The van der Waals surface area contributed by atoms with Gasteiger partial charge < -0.3 is 19.5 Å². The molecule has 7 nitrogen and oxygen atoms in total. The first-order valence-electron chi connectivity index (χ1n) is 13.9. The van der Waals surface area contributed by atoms with Crippen LogP contribution in [0.4, 0.5) is 18.9 Å². The number of nitrogens with zero attached hydrogens (tertiary/aromatic N) is 1. The smallest absolute Gasteiger partial charge is 0.471 e. The lowest BCUT2D eigenvalue weighted by atomic mass is 10.0. The van der Waals surface area contributed by atoms with E-state index in [0.717, 1.165) is 55.9 Å². The number of carbonyl (C=O) groups is 4. The first-order valence-corrected chi connectivity index (χ1v) is 13.9. The Hall–Kier alpha value is -2.91. The summed E-state index contributed by atoms with van der Waals surface area (Å²) >= 11 is 0. The molecule has 0 bridgehead atoms. The molecule has 1 amide bonds. The SMILES string of the molecule is CC(C)CCCCCCCCCCCCCCN(C(=O)C(F)(F)F)c1ccc(C(=O)OC(=O)CC(=O)[O-])cc1.